The summed E-state index contributed by atoms with van der Waals surface area (Å²) in [6.07, 6.45) is 6.97. The lowest BCUT2D eigenvalue weighted by Gasteiger charge is -2.53. The Kier molecular flexibility index (Phi) is 4.71. The van der Waals surface area contributed by atoms with Crippen molar-refractivity contribution in [2.75, 3.05) is 19.7 Å². The number of aromatic amines is 1. The number of aliphatic hydroxyl groups excluding tert-OH is 1. The molecule has 27 heavy (non-hydrogen) atoms. The zero-order chi connectivity index (χ0) is 19.1. The van der Waals surface area contributed by atoms with E-state index in [1.54, 1.807) is 11.1 Å². The average Bonchev–Trinajstić information content (AvgIpc) is 3.13. The Hall–Kier alpha value is -1.93. The molecule has 1 aromatic heterocycles. The van der Waals surface area contributed by atoms with Gasteiger partial charge in [0.2, 0.25) is 5.91 Å². The SMILES string of the molecule is C[C@]1(NC(=O)C2CCC2)CCOC2(CCN(C(=O)c3cn[nH]c3)CC2)[C@@H]1O. The summed E-state index contributed by atoms with van der Waals surface area (Å²) in [5.41, 5.74) is -0.872. The van der Waals surface area contributed by atoms with E-state index < -0.39 is 17.2 Å². The minimum Gasteiger partial charge on any atom is -0.388 e. The maximum Gasteiger partial charge on any atom is 0.257 e. The maximum atomic E-state index is 12.5. The molecule has 2 amide bonds. The Balaban J connectivity index is 1.42. The number of rotatable bonds is 3. The van der Waals surface area contributed by atoms with Crippen LogP contribution in [-0.4, -0.2) is 69.0 Å². The molecule has 8 heteroatoms. The number of amides is 2. The predicted octanol–water partition coefficient (Wildman–Crippen LogP) is 0.841. The van der Waals surface area contributed by atoms with E-state index in [4.69, 9.17) is 4.74 Å². The van der Waals surface area contributed by atoms with E-state index >= 15 is 0 Å². The van der Waals surface area contributed by atoms with Crippen LogP contribution in [0.5, 0.6) is 0 Å². The van der Waals surface area contributed by atoms with Gasteiger partial charge in [0.15, 0.2) is 0 Å². The second kappa shape index (κ2) is 6.91. The number of ether oxygens (including phenoxy) is 1. The molecule has 0 unspecified atom stereocenters. The van der Waals surface area contributed by atoms with Crippen LogP contribution in [0.2, 0.25) is 0 Å². The molecule has 1 saturated carbocycles. The highest BCUT2D eigenvalue weighted by Crippen LogP contribution is 2.40. The maximum absolute atomic E-state index is 12.5. The molecular formula is C19H28N4O4. The minimum atomic E-state index is -0.797. The van der Waals surface area contributed by atoms with E-state index in [0.29, 0.717) is 44.5 Å². The number of hydrogen-bond acceptors (Lipinski definition) is 5. The van der Waals surface area contributed by atoms with Crippen LogP contribution in [0.15, 0.2) is 12.4 Å². The number of hydrogen-bond donors (Lipinski definition) is 3. The van der Waals surface area contributed by atoms with Gasteiger partial charge in [-0.05, 0) is 39.0 Å². The third-order valence-corrected chi connectivity index (χ3v) is 6.64. The molecular weight excluding hydrogens is 348 g/mol. The van der Waals surface area contributed by atoms with Crippen molar-refractivity contribution in [2.45, 2.75) is 62.7 Å². The summed E-state index contributed by atoms with van der Waals surface area (Å²) in [6, 6.07) is 0. The lowest BCUT2D eigenvalue weighted by Crippen LogP contribution is -2.70. The standard InChI is InChI=1S/C19H28N4O4/c1-18(22-15(24)13-3-2-4-13)7-10-27-19(17(18)26)5-8-23(9-6-19)16(25)14-11-20-21-12-14/h11-13,17,26H,2-10H2,1H3,(H,20,21)(H,22,24)/t17-,18+/m1/s1. The minimum absolute atomic E-state index is 0.0485. The first kappa shape index (κ1) is 18.4. The Morgan fingerprint density at radius 3 is 2.67 bits per heavy atom. The van der Waals surface area contributed by atoms with Crippen LogP contribution in [0.1, 0.15) is 55.8 Å². The molecule has 3 heterocycles. The van der Waals surface area contributed by atoms with Gasteiger partial charge in [0, 0.05) is 31.8 Å². The number of aromatic nitrogens is 2. The highest BCUT2D eigenvalue weighted by atomic mass is 16.5. The van der Waals surface area contributed by atoms with E-state index in [1.165, 1.54) is 6.20 Å². The largest absolute Gasteiger partial charge is 0.388 e. The quantitative estimate of drug-likeness (QED) is 0.725. The molecule has 1 spiro atoms. The van der Waals surface area contributed by atoms with E-state index in [1.807, 2.05) is 6.92 Å². The van der Waals surface area contributed by atoms with Crippen LogP contribution in [0, 0.1) is 5.92 Å². The number of aliphatic hydroxyl groups is 1. The summed E-state index contributed by atoms with van der Waals surface area (Å²) >= 11 is 0. The molecule has 2 aliphatic heterocycles. The first-order valence-corrected chi connectivity index (χ1v) is 9.86. The molecule has 3 aliphatic rings. The van der Waals surface area contributed by atoms with E-state index in [0.717, 1.165) is 19.3 Å². The van der Waals surface area contributed by atoms with Crippen LogP contribution in [0.25, 0.3) is 0 Å². The summed E-state index contributed by atoms with van der Waals surface area (Å²) in [4.78, 5) is 26.7. The second-order valence-electron chi connectivity index (χ2n) is 8.38. The fourth-order valence-corrected chi connectivity index (χ4v) is 4.50. The van der Waals surface area contributed by atoms with E-state index in [2.05, 4.69) is 15.5 Å². The van der Waals surface area contributed by atoms with Crippen molar-refractivity contribution in [1.29, 1.82) is 0 Å². The van der Waals surface area contributed by atoms with Crippen molar-refractivity contribution in [3.63, 3.8) is 0 Å². The molecule has 1 aromatic rings. The molecule has 4 rings (SSSR count). The van der Waals surface area contributed by atoms with Crippen molar-refractivity contribution in [3.8, 4) is 0 Å². The van der Waals surface area contributed by atoms with Crippen LogP contribution >= 0.6 is 0 Å². The van der Waals surface area contributed by atoms with Gasteiger partial charge in [-0.2, -0.15) is 5.10 Å². The monoisotopic (exact) mass is 376 g/mol. The van der Waals surface area contributed by atoms with Gasteiger partial charge in [-0.15, -0.1) is 0 Å². The Bertz CT molecular complexity index is 695. The van der Waals surface area contributed by atoms with Gasteiger partial charge >= 0.3 is 0 Å². The summed E-state index contributed by atoms with van der Waals surface area (Å²) in [5, 5.41) is 20.8. The van der Waals surface area contributed by atoms with E-state index in [9.17, 15) is 14.7 Å². The number of H-pyrrole nitrogens is 1. The van der Waals surface area contributed by atoms with Gasteiger partial charge in [-0.1, -0.05) is 6.42 Å². The number of carbonyl (C=O) groups excluding carboxylic acids is 2. The summed E-state index contributed by atoms with van der Waals surface area (Å²) < 4.78 is 6.06. The van der Waals surface area contributed by atoms with Gasteiger partial charge in [0.05, 0.1) is 22.9 Å². The van der Waals surface area contributed by atoms with Gasteiger partial charge in [-0.3, -0.25) is 14.7 Å². The van der Waals surface area contributed by atoms with Crippen molar-refractivity contribution >= 4 is 11.8 Å². The van der Waals surface area contributed by atoms with Gasteiger partial charge in [0.25, 0.3) is 5.91 Å². The van der Waals surface area contributed by atoms with Crippen LogP contribution < -0.4 is 5.32 Å². The fourth-order valence-electron chi connectivity index (χ4n) is 4.50. The summed E-state index contributed by atoms with van der Waals surface area (Å²) in [5.74, 6) is 0.0691. The third-order valence-electron chi connectivity index (χ3n) is 6.64. The Morgan fingerprint density at radius 2 is 2.07 bits per heavy atom. The van der Waals surface area contributed by atoms with Crippen molar-refractivity contribution in [3.05, 3.63) is 18.0 Å². The smallest absolute Gasteiger partial charge is 0.257 e. The molecule has 3 fully saturated rings. The van der Waals surface area contributed by atoms with Crippen LogP contribution in [-0.2, 0) is 9.53 Å². The molecule has 1 aliphatic carbocycles. The molecule has 8 nitrogen and oxygen atoms in total. The zero-order valence-electron chi connectivity index (χ0n) is 15.7. The number of piperidine rings is 1. The van der Waals surface area contributed by atoms with Crippen LogP contribution in [0.3, 0.4) is 0 Å². The first-order valence-electron chi connectivity index (χ1n) is 9.86. The molecule has 2 saturated heterocycles. The lowest BCUT2D eigenvalue weighted by molar-refractivity contribution is -0.206. The zero-order valence-corrected chi connectivity index (χ0v) is 15.7. The summed E-state index contributed by atoms with van der Waals surface area (Å²) in [7, 11) is 0. The third kappa shape index (κ3) is 3.25. The molecule has 0 aromatic carbocycles. The number of nitrogens with zero attached hydrogens (tertiary/aromatic N) is 2. The molecule has 0 radical (unpaired) electrons. The lowest BCUT2D eigenvalue weighted by atomic mass is 9.72. The highest BCUT2D eigenvalue weighted by molar-refractivity contribution is 5.93. The van der Waals surface area contributed by atoms with Crippen molar-refractivity contribution in [1.82, 2.24) is 20.4 Å². The highest BCUT2D eigenvalue weighted by Gasteiger charge is 2.54. The molecule has 2 atom stereocenters. The van der Waals surface area contributed by atoms with Gasteiger partial charge < -0.3 is 20.1 Å². The Morgan fingerprint density at radius 1 is 1.33 bits per heavy atom. The first-order chi connectivity index (χ1) is 12.9. The van der Waals surface area contributed by atoms with E-state index in [-0.39, 0.29) is 17.7 Å². The predicted molar refractivity (Wildman–Crippen MR) is 96.9 cm³/mol. The molecule has 148 valence electrons. The van der Waals surface area contributed by atoms with Crippen molar-refractivity contribution < 1.29 is 19.4 Å². The summed E-state index contributed by atoms with van der Waals surface area (Å²) in [6.45, 7) is 3.43. The number of likely N-dealkylation sites (tertiary alicyclic amines) is 1. The topological polar surface area (TPSA) is 108 Å². The van der Waals surface area contributed by atoms with Gasteiger partial charge in [-0.25, -0.2) is 0 Å². The fraction of sp³-hybridized carbons (Fsp3) is 0.737. The number of nitrogens with one attached hydrogen (secondary N) is 2. The van der Waals surface area contributed by atoms with Crippen molar-refractivity contribution in [2.24, 2.45) is 5.92 Å². The average molecular weight is 376 g/mol. The Labute approximate surface area is 158 Å². The van der Waals surface area contributed by atoms with Gasteiger partial charge in [0.1, 0.15) is 6.10 Å². The van der Waals surface area contributed by atoms with Crippen LogP contribution in [0.4, 0.5) is 0 Å². The second-order valence-corrected chi connectivity index (χ2v) is 8.38. The molecule has 3 N–H and O–H groups in total. The molecule has 0 bridgehead atoms. The normalized spacial score (nSPS) is 30.7. The number of carbonyl (C=O) groups is 2.